The predicted molar refractivity (Wildman–Crippen MR) is 109 cm³/mol. The molecule has 2 rings (SSSR count). The first kappa shape index (κ1) is 21.7. The van der Waals surface area contributed by atoms with E-state index >= 15 is 0 Å². The van der Waals surface area contributed by atoms with Gasteiger partial charge < -0.3 is 19.5 Å². The van der Waals surface area contributed by atoms with Crippen LogP contribution in [-0.4, -0.2) is 52.9 Å². The van der Waals surface area contributed by atoms with E-state index in [0.29, 0.717) is 19.0 Å². The van der Waals surface area contributed by atoms with Gasteiger partial charge in [0.05, 0.1) is 7.11 Å². The highest BCUT2D eigenvalue weighted by Gasteiger charge is 2.11. The minimum atomic E-state index is -0.360. The normalized spacial score (nSPS) is 11.8. The topological polar surface area (TPSA) is 67.6 Å². The molecule has 154 valence electrons. The van der Waals surface area contributed by atoms with E-state index in [-0.39, 0.29) is 11.6 Å². The van der Waals surface area contributed by atoms with Gasteiger partial charge in [0.25, 0.3) is 0 Å². The first-order valence-electron chi connectivity index (χ1n) is 9.63. The van der Waals surface area contributed by atoms with Gasteiger partial charge in [-0.25, -0.2) is 4.39 Å². The van der Waals surface area contributed by atoms with Gasteiger partial charge in [0.1, 0.15) is 12.2 Å². The number of nitrogens with one attached hydrogen (secondary N) is 1. The van der Waals surface area contributed by atoms with E-state index < -0.39 is 0 Å². The molecule has 0 saturated heterocycles. The summed E-state index contributed by atoms with van der Waals surface area (Å²) in [5.41, 5.74) is 0.854. The van der Waals surface area contributed by atoms with Gasteiger partial charge in [-0.15, -0.1) is 10.2 Å². The lowest BCUT2D eigenvalue weighted by atomic mass is 10.2. The fraction of sp³-hybridized carbons (Fsp3) is 0.550. The number of benzene rings is 1. The second-order valence-corrected chi connectivity index (χ2v) is 7.10. The summed E-state index contributed by atoms with van der Waals surface area (Å²) >= 11 is 0. The molecule has 0 fully saturated rings. The van der Waals surface area contributed by atoms with Crippen LogP contribution in [0.15, 0.2) is 29.5 Å². The molecule has 1 N–H and O–H groups in total. The molecule has 7 nitrogen and oxygen atoms in total. The summed E-state index contributed by atoms with van der Waals surface area (Å²) in [5, 5.41) is 11.5. The number of aryl methyl sites for hydroxylation is 1. The zero-order valence-electron chi connectivity index (χ0n) is 17.4. The molecule has 0 saturated carbocycles. The molecule has 1 heterocycles. The third-order valence-corrected chi connectivity index (χ3v) is 4.25. The van der Waals surface area contributed by atoms with E-state index in [1.807, 2.05) is 22.6 Å². The number of ether oxygens (including phenoxy) is 1. The van der Waals surface area contributed by atoms with Crippen molar-refractivity contribution in [1.82, 2.24) is 25.0 Å². The molecule has 8 heteroatoms. The number of halogens is 1. The van der Waals surface area contributed by atoms with E-state index in [0.717, 1.165) is 36.9 Å². The molecule has 0 aliphatic heterocycles. The van der Waals surface area contributed by atoms with Crippen LogP contribution in [0.3, 0.4) is 0 Å². The Balaban J connectivity index is 2.02. The van der Waals surface area contributed by atoms with Crippen LogP contribution < -0.4 is 10.1 Å². The van der Waals surface area contributed by atoms with Crippen LogP contribution in [0.1, 0.15) is 32.2 Å². The highest BCUT2D eigenvalue weighted by Crippen LogP contribution is 2.18. The lowest BCUT2D eigenvalue weighted by molar-refractivity contribution is 0.385. The van der Waals surface area contributed by atoms with E-state index in [9.17, 15) is 4.39 Å². The molecule has 0 bridgehead atoms. The summed E-state index contributed by atoms with van der Waals surface area (Å²) in [5.74, 6) is 2.09. The molecule has 0 radical (unpaired) electrons. The van der Waals surface area contributed by atoms with Gasteiger partial charge >= 0.3 is 0 Å². The van der Waals surface area contributed by atoms with E-state index in [1.165, 1.54) is 13.2 Å². The number of hydrogen-bond acceptors (Lipinski definition) is 4. The van der Waals surface area contributed by atoms with Crippen LogP contribution >= 0.6 is 0 Å². The molecular formula is C20H31FN6O. The Bertz CT molecular complexity index is 774. The molecule has 2 aromatic rings. The van der Waals surface area contributed by atoms with Crippen molar-refractivity contribution >= 4 is 5.96 Å². The maximum Gasteiger partial charge on any atom is 0.194 e. The molecule has 1 aromatic heterocycles. The zero-order chi connectivity index (χ0) is 20.5. The smallest absolute Gasteiger partial charge is 0.194 e. The molecule has 0 amide bonds. The number of rotatable bonds is 9. The third kappa shape index (κ3) is 6.21. The lowest BCUT2D eigenvalue weighted by Gasteiger charge is -2.23. The predicted octanol–water partition coefficient (Wildman–Crippen LogP) is 2.72. The van der Waals surface area contributed by atoms with Crippen LogP contribution in [0.2, 0.25) is 0 Å². The Morgan fingerprint density at radius 1 is 1.39 bits per heavy atom. The average Bonchev–Trinajstić information content (AvgIpc) is 3.11. The minimum absolute atomic E-state index is 0.249. The van der Waals surface area contributed by atoms with Gasteiger partial charge in [-0.1, -0.05) is 26.8 Å². The Kier molecular flexibility index (Phi) is 8.22. The molecule has 0 aliphatic rings. The summed E-state index contributed by atoms with van der Waals surface area (Å²) in [6.07, 6.45) is 2.59. The lowest BCUT2D eigenvalue weighted by Crippen LogP contribution is -2.40. The van der Waals surface area contributed by atoms with Crippen molar-refractivity contribution in [3.05, 3.63) is 41.7 Å². The van der Waals surface area contributed by atoms with Gasteiger partial charge in [0.15, 0.2) is 17.5 Å². The molecule has 0 unspecified atom stereocenters. The van der Waals surface area contributed by atoms with Crippen molar-refractivity contribution < 1.29 is 9.13 Å². The van der Waals surface area contributed by atoms with Crippen molar-refractivity contribution in [3.8, 4) is 5.75 Å². The molecule has 1 aromatic carbocycles. The van der Waals surface area contributed by atoms with Crippen molar-refractivity contribution in [2.24, 2.45) is 10.9 Å². The zero-order valence-corrected chi connectivity index (χ0v) is 17.4. The molecule has 0 aliphatic carbocycles. The fourth-order valence-electron chi connectivity index (χ4n) is 2.77. The average molecular weight is 391 g/mol. The summed E-state index contributed by atoms with van der Waals surface area (Å²) in [6.45, 7) is 9.03. The fourth-order valence-corrected chi connectivity index (χ4v) is 2.77. The number of nitrogens with zero attached hydrogens (tertiary/aromatic N) is 5. The van der Waals surface area contributed by atoms with Crippen molar-refractivity contribution in [2.45, 2.75) is 40.3 Å². The van der Waals surface area contributed by atoms with E-state index in [2.05, 4.69) is 36.3 Å². The van der Waals surface area contributed by atoms with Crippen LogP contribution in [0, 0.1) is 11.7 Å². The number of methoxy groups -OCH3 is 1. The first-order valence-corrected chi connectivity index (χ1v) is 9.63. The van der Waals surface area contributed by atoms with Crippen LogP contribution in [0.25, 0.3) is 0 Å². The van der Waals surface area contributed by atoms with Gasteiger partial charge in [-0.05, 0) is 23.6 Å². The Hall–Kier alpha value is -2.64. The van der Waals surface area contributed by atoms with Gasteiger partial charge in [0, 0.05) is 39.6 Å². The Labute approximate surface area is 166 Å². The maximum absolute atomic E-state index is 14.0. The molecule has 0 atom stereocenters. The van der Waals surface area contributed by atoms with Crippen molar-refractivity contribution in [2.75, 3.05) is 27.2 Å². The van der Waals surface area contributed by atoms with E-state index in [1.54, 1.807) is 12.4 Å². The van der Waals surface area contributed by atoms with Gasteiger partial charge in [-0.2, -0.15) is 0 Å². The van der Waals surface area contributed by atoms with E-state index in [4.69, 9.17) is 9.73 Å². The standard InChI is InChI=1S/C20H31FN6O/c1-6-19-25-24-14-27(19)10-9-22-20(23-12-15(2)3)26(4)13-16-7-8-18(28-5)17(21)11-16/h7-8,11,14-15H,6,9-10,12-13H2,1-5H3,(H,22,23). The first-order chi connectivity index (χ1) is 13.4. The van der Waals surface area contributed by atoms with Crippen molar-refractivity contribution in [1.29, 1.82) is 0 Å². The second kappa shape index (κ2) is 10.6. The summed E-state index contributed by atoms with van der Waals surface area (Å²) in [6, 6.07) is 5.01. The van der Waals surface area contributed by atoms with Gasteiger partial charge in [-0.3, -0.25) is 4.99 Å². The van der Waals surface area contributed by atoms with Crippen LogP contribution in [0.4, 0.5) is 4.39 Å². The number of aliphatic imine (C=N–C) groups is 1. The largest absolute Gasteiger partial charge is 0.494 e. The maximum atomic E-state index is 14.0. The second-order valence-electron chi connectivity index (χ2n) is 7.10. The number of hydrogen-bond donors (Lipinski definition) is 1. The summed E-state index contributed by atoms with van der Waals surface area (Å²) in [7, 11) is 3.41. The Morgan fingerprint density at radius 3 is 2.82 bits per heavy atom. The molecular weight excluding hydrogens is 359 g/mol. The number of guanidine groups is 1. The summed E-state index contributed by atoms with van der Waals surface area (Å²) in [4.78, 5) is 6.71. The van der Waals surface area contributed by atoms with Crippen molar-refractivity contribution in [3.63, 3.8) is 0 Å². The molecule has 0 spiro atoms. The monoisotopic (exact) mass is 390 g/mol. The minimum Gasteiger partial charge on any atom is -0.494 e. The van der Waals surface area contributed by atoms with Gasteiger partial charge in [0.2, 0.25) is 0 Å². The quantitative estimate of drug-likeness (QED) is 0.527. The summed E-state index contributed by atoms with van der Waals surface area (Å²) < 4.78 is 21.0. The number of aromatic nitrogens is 3. The van der Waals surface area contributed by atoms with Crippen LogP contribution in [0.5, 0.6) is 5.75 Å². The molecule has 28 heavy (non-hydrogen) atoms. The van der Waals surface area contributed by atoms with Crippen LogP contribution in [-0.2, 0) is 19.5 Å². The highest BCUT2D eigenvalue weighted by atomic mass is 19.1. The Morgan fingerprint density at radius 2 is 2.18 bits per heavy atom. The SMILES string of the molecule is CCc1nncn1CCNC(=NCC(C)C)N(C)Cc1ccc(OC)c(F)c1. The third-order valence-electron chi connectivity index (χ3n) is 4.25. The highest BCUT2D eigenvalue weighted by molar-refractivity contribution is 5.79.